The summed E-state index contributed by atoms with van der Waals surface area (Å²) in [4.78, 5) is 13.9. The molecule has 1 heterocycles. The van der Waals surface area contributed by atoms with Crippen molar-refractivity contribution in [2.45, 2.75) is 108 Å². The van der Waals surface area contributed by atoms with Crippen molar-refractivity contribution in [1.82, 2.24) is 20.2 Å². The van der Waals surface area contributed by atoms with Gasteiger partial charge in [0.25, 0.3) is 5.91 Å². The van der Waals surface area contributed by atoms with E-state index >= 15 is 0 Å². The van der Waals surface area contributed by atoms with Gasteiger partial charge in [-0.3, -0.25) is 4.79 Å². The molecule has 0 atom stereocenters. The van der Waals surface area contributed by atoms with Crippen LogP contribution in [0.4, 0.5) is 5.69 Å². The van der Waals surface area contributed by atoms with Crippen molar-refractivity contribution in [2.75, 3.05) is 19.0 Å². The normalized spacial score (nSPS) is 11.2. The van der Waals surface area contributed by atoms with Gasteiger partial charge >= 0.3 is 0 Å². The van der Waals surface area contributed by atoms with Gasteiger partial charge < -0.3 is 24.6 Å². The number of para-hydroxylation sites is 2. The SMILES string of the molecule is CCCCCCCCCCCCCCOc1ccccc1NC(=O)c1cc(Oc2ccc(CSc3nnnn3Cc3ccc(OC)cc3)cc2C)c2ccccc2c1O. The molecule has 310 valence electrons. The van der Waals surface area contributed by atoms with Crippen LogP contribution in [0.15, 0.2) is 102 Å². The fraction of sp³-hybridized carbons (Fsp3) is 0.375. The molecule has 1 amide bonds. The van der Waals surface area contributed by atoms with E-state index in [9.17, 15) is 9.90 Å². The van der Waals surface area contributed by atoms with Gasteiger partial charge in [0.15, 0.2) is 0 Å². The standard InChI is InChI=1S/C48H57N5O5S/c1-4-5-6-7-8-9-10-11-12-13-14-19-30-57-44-23-18-17-22-42(44)49-47(55)41-32-45(39-20-15-16-21-40(39)46(41)54)58-43-29-26-37(31-35(43)2)34-59-48-50-51-52-53(48)33-36-24-27-38(56-3)28-25-36/h15-18,20-29,31-32,54H,4-14,19,30,33-34H2,1-3H3,(H,49,55). The van der Waals surface area contributed by atoms with E-state index in [4.69, 9.17) is 14.2 Å². The molecule has 0 spiro atoms. The number of aromatic hydroxyl groups is 1. The molecule has 0 radical (unpaired) electrons. The Morgan fingerprint density at radius 1 is 0.746 bits per heavy atom. The number of hydrogen-bond acceptors (Lipinski definition) is 9. The van der Waals surface area contributed by atoms with Gasteiger partial charge in [0.1, 0.15) is 28.7 Å². The number of thioether (sulfide) groups is 1. The smallest absolute Gasteiger partial charge is 0.259 e. The van der Waals surface area contributed by atoms with Gasteiger partial charge in [0, 0.05) is 16.5 Å². The lowest BCUT2D eigenvalue weighted by Gasteiger charge is -2.16. The van der Waals surface area contributed by atoms with Crippen LogP contribution in [-0.4, -0.2) is 44.9 Å². The van der Waals surface area contributed by atoms with E-state index in [-0.39, 0.29) is 11.3 Å². The Morgan fingerprint density at radius 2 is 1.41 bits per heavy atom. The van der Waals surface area contributed by atoms with E-state index in [0.29, 0.717) is 57.8 Å². The molecule has 2 N–H and O–H groups in total. The molecule has 0 unspecified atom stereocenters. The highest BCUT2D eigenvalue weighted by atomic mass is 32.2. The van der Waals surface area contributed by atoms with Gasteiger partial charge in [0.05, 0.1) is 31.5 Å². The van der Waals surface area contributed by atoms with Gasteiger partial charge in [0.2, 0.25) is 5.16 Å². The third kappa shape index (κ3) is 12.5. The molecule has 0 aliphatic rings. The first-order valence-electron chi connectivity index (χ1n) is 21.0. The first kappa shape index (κ1) is 43.0. The molecule has 0 saturated carbocycles. The average Bonchev–Trinajstić information content (AvgIpc) is 3.70. The van der Waals surface area contributed by atoms with Crippen LogP contribution < -0.4 is 19.5 Å². The van der Waals surface area contributed by atoms with Crippen LogP contribution in [0.2, 0.25) is 0 Å². The van der Waals surface area contributed by atoms with E-state index in [1.54, 1.807) is 35.7 Å². The molecule has 11 heteroatoms. The number of amides is 1. The lowest BCUT2D eigenvalue weighted by Crippen LogP contribution is -2.14. The highest BCUT2D eigenvalue weighted by molar-refractivity contribution is 7.98. The molecule has 6 rings (SSSR count). The summed E-state index contributed by atoms with van der Waals surface area (Å²) < 4.78 is 19.7. The molecule has 1 aromatic heterocycles. The Hall–Kier alpha value is -5.55. The number of carbonyl (C=O) groups excluding carboxylic acids is 1. The first-order valence-corrected chi connectivity index (χ1v) is 22.0. The van der Waals surface area contributed by atoms with Crippen molar-refractivity contribution >= 4 is 34.1 Å². The Morgan fingerprint density at radius 3 is 2.12 bits per heavy atom. The number of ether oxygens (including phenoxy) is 3. The predicted molar refractivity (Wildman–Crippen MR) is 237 cm³/mol. The number of nitrogens with one attached hydrogen (secondary N) is 1. The summed E-state index contributed by atoms with van der Waals surface area (Å²) in [6, 6.07) is 30.3. The number of phenolic OH excluding ortho intramolecular Hbond substituents is 1. The number of anilines is 1. The summed E-state index contributed by atoms with van der Waals surface area (Å²) >= 11 is 1.55. The van der Waals surface area contributed by atoms with E-state index in [2.05, 4.69) is 33.8 Å². The quantitative estimate of drug-likeness (QED) is 0.0454. The Labute approximate surface area is 352 Å². The molecule has 0 bridgehead atoms. The van der Waals surface area contributed by atoms with Crippen LogP contribution >= 0.6 is 11.8 Å². The minimum Gasteiger partial charge on any atom is -0.506 e. The number of aryl methyl sites for hydroxylation is 1. The monoisotopic (exact) mass is 815 g/mol. The second kappa shape index (κ2) is 22.6. The molecule has 0 aliphatic carbocycles. The zero-order valence-electron chi connectivity index (χ0n) is 34.6. The van der Waals surface area contributed by atoms with Crippen LogP contribution in [0.25, 0.3) is 10.8 Å². The number of carbonyl (C=O) groups is 1. The number of phenols is 1. The van der Waals surface area contributed by atoms with Crippen molar-refractivity contribution in [3.8, 4) is 28.7 Å². The Kier molecular flexibility index (Phi) is 16.5. The van der Waals surface area contributed by atoms with Gasteiger partial charge in [-0.15, -0.1) is 5.10 Å². The third-order valence-electron chi connectivity index (χ3n) is 10.4. The lowest BCUT2D eigenvalue weighted by atomic mass is 10.0. The zero-order chi connectivity index (χ0) is 41.2. The van der Waals surface area contributed by atoms with Crippen LogP contribution in [-0.2, 0) is 12.3 Å². The minimum atomic E-state index is -0.460. The molecular formula is C48H57N5O5S. The zero-order valence-corrected chi connectivity index (χ0v) is 35.4. The van der Waals surface area contributed by atoms with E-state index in [0.717, 1.165) is 35.3 Å². The molecule has 0 fully saturated rings. The van der Waals surface area contributed by atoms with Crippen molar-refractivity contribution < 1.29 is 24.1 Å². The maximum absolute atomic E-state index is 13.9. The van der Waals surface area contributed by atoms with Crippen LogP contribution in [0.1, 0.15) is 111 Å². The summed E-state index contributed by atoms with van der Waals surface area (Å²) in [5.74, 6) is 2.58. The third-order valence-corrected chi connectivity index (χ3v) is 11.5. The van der Waals surface area contributed by atoms with E-state index in [1.807, 2.05) is 85.8 Å². The summed E-state index contributed by atoms with van der Waals surface area (Å²) in [6.45, 7) is 5.37. The maximum atomic E-state index is 13.9. The highest BCUT2D eigenvalue weighted by Crippen LogP contribution is 2.40. The number of fused-ring (bicyclic) bond motifs is 1. The molecule has 0 aliphatic heterocycles. The Balaban J connectivity index is 1.05. The fourth-order valence-electron chi connectivity index (χ4n) is 7.08. The topological polar surface area (TPSA) is 121 Å². The number of rotatable bonds is 24. The van der Waals surface area contributed by atoms with Crippen molar-refractivity contribution in [3.05, 3.63) is 119 Å². The number of nitrogens with zero attached hydrogens (tertiary/aromatic N) is 4. The van der Waals surface area contributed by atoms with Gasteiger partial charge in [-0.2, -0.15) is 0 Å². The highest BCUT2D eigenvalue weighted by Gasteiger charge is 2.20. The minimum absolute atomic E-state index is 0.104. The second-order valence-electron chi connectivity index (χ2n) is 15.0. The first-order chi connectivity index (χ1) is 28.9. The molecule has 0 saturated heterocycles. The van der Waals surface area contributed by atoms with Crippen molar-refractivity contribution in [3.63, 3.8) is 0 Å². The van der Waals surface area contributed by atoms with Crippen molar-refractivity contribution in [1.29, 1.82) is 0 Å². The molecule has 10 nitrogen and oxygen atoms in total. The number of aromatic nitrogens is 4. The number of benzene rings is 5. The van der Waals surface area contributed by atoms with Gasteiger partial charge in [-0.1, -0.05) is 150 Å². The van der Waals surface area contributed by atoms with E-state index < -0.39 is 5.91 Å². The van der Waals surface area contributed by atoms with E-state index in [1.165, 1.54) is 64.2 Å². The fourth-order valence-corrected chi connectivity index (χ4v) is 7.90. The summed E-state index contributed by atoms with van der Waals surface area (Å²) in [5, 5.41) is 28.6. The molecule has 59 heavy (non-hydrogen) atoms. The van der Waals surface area contributed by atoms with Crippen molar-refractivity contribution in [2.24, 2.45) is 0 Å². The molecule has 6 aromatic rings. The largest absolute Gasteiger partial charge is 0.506 e. The average molecular weight is 816 g/mol. The number of tetrazole rings is 1. The lowest BCUT2D eigenvalue weighted by molar-refractivity contribution is 0.102. The molecular weight excluding hydrogens is 759 g/mol. The van der Waals surface area contributed by atoms with Gasteiger partial charge in [-0.25, -0.2) is 4.68 Å². The Bertz CT molecular complexity index is 2240. The molecule has 5 aromatic carbocycles. The van der Waals surface area contributed by atoms with Crippen LogP contribution in [0.3, 0.4) is 0 Å². The predicted octanol–water partition coefficient (Wildman–Crippen LogP) is 12.3. The number of hydrogen-bond donors (Lipinski definition) is 2. The maximum Gasteiger partial charge on any atom is 0.259 e. The summed E-state index contributed by atoms with van der Waals surface area (Å²) in [5.41, 5.74) is 3.72. The second-order valence-corrected chi connectivity index (χ2v) is 15.9. The number of unbranched alkanes of at least 4 members (excludes halogenated alkanes) is 11. The van der Waals surface area contributed by atoms with Crippen LogP contribution in [0.5, 0.6) is 28.7 Å². The number of methoxy groups -OCH3 is 1. The van der Waals surface area contributed by atoms with Gasteiger partial charge in [-0.05, 0) is 76.9 Å². The summed E-state index contributed by atoms with van der Waals surface area (Å²) in [7, 11) is 1.65. The van der Waals surface area contributed by atoms with Crippen LogP contribution in [0, 0.1) is 6.92 Å². The summed E-state index contributed by atoms with van der Waals surface area (Å²) in [6.07, 6.45) is 15.3.